The third kappa shape index (κ3) is 3.72. The van der Waals surface area contributed by atoms with Crippen LogP contribution in [0.15, 0.2) is 24.3 Å². The van der Waals surface area contributed by atoms with Gasteiger partial charge < -0.3 is 20.3 Å². The molecule has 0 saturated carbocycles. The lowest BCUT2D eigenvalue weighted by Crippen LogP contribution is -2.46. The summed E-state index contributed by atoms with van der Waals surface area (Å²) in [5.41, 5.74) is 7.47. The maximum absolute atomic E-state index is 6.38. The number of likely N-dealkylation sites (N-methyl/N-ethyl adjacent to an activating group) is 2. The summed E-state index contributed by atoms with van der Waals surface area (Å²) in [4.78, 5) is 4.80. The third-order valence-corrected chi connectivity index (χ3v) is 4.25. The van der Waals surface area contributed by atoms with E-state index in [1.54, 1.807) is 7.11 Å². The van der Waals surface area contributed by atoms with Gasteiger partial charge in [-0.25, -0.2) is 0 Å². The second-order valence-electron chi connectivity index (χ2n) is 5.85. The molecule has 4 heteroatoms. The van der Waals surface area contributed by atoms with Crippen molar-refractivity contribution in [3.05, 3.63) is 29.8 Å². The minimum absolute atomic E-state index is 0.0108. The van der Waals surface area contributed by atoms with Crippen molar-refractivity contribution in [1.82, 2.24) is 9.80 Å². The number of ether oxygens (including phenoxy) is 1. The number of nitrogens with two attached hydrogens (primary N) is 1. The topological polar surface area (TPSA) is 41.7 Å². The van der Waals surface area contributed by atoms with Gasteiger partial charge in [-0.15, -0.1) is 0 Å². The average Bonchev–Trinajstić information content (AvgIpc) is 2.47. The van der Waals surface area contributed by atoms with Crippen LogP contribution in [0.5, 0.6) is 5.75 Å². The molecule has 1 fully saturated rings. The summed E-state index contributed by atoms with van der Waals surface area (Å²) in [5.74, 6) is 0.883. The van der Waals surface area contributed by atoms with Gasteiger partial charge in [0, 0.05) is 30.7 Å². The van der Waals surface area contributed by atoms with Crippen LogP contribution in [0.2, 0.25) is 0 Å². The van der Waals surface area contributed by atoms with Gasteiger partial charge >= 0.3 is 0 Å². The lowest BCUT2D eigenvalue weighted by atomic mass is 10.0. The molecule has 1 aliphatic heterocycles. The highest BCUT2D eigenvalue weighted by Gasteiger charge is 2.23. The molecule has 2 atom stereocenters. The van der Waals surface area contributed by atoms with Crippen LogP contribution in [0.3, 0.4) is 0 Å². The van der Waals surface area contributed by atoms with E-state index in [0.717, 1.165) is 24.4 Å². The molecule has 2 rings (SSSR count). The van der Waals surface area contributed by atoms with E-state index in [0.29, 0.717) is 6.04 Å². The standard InChI is InChI=1S/C16H27N3O/c1-18-10-6-7-13(11-18)19(2)12-15(17)14-8-4-5-9-16(14)20-3/h4-5,8-9,13,15H,6-7,10-12,17H2,1-3H3. The molecule has 1 heterocycles. The van der Waals surface area contributed by atoms with E-state index >= 15 is 0 Å². The molecule has 0 bridgehead atoms. The van der Waals surface area contributed by atoms with E-state index in [1.807, 2.05) is 18.2 Å². The normalized spacial score (nSPS) is 21.9. The van der Waals surface area contributed by atoms with Gasteiger partial charge in [0.1, 0.15) is 5.75 Å². The van der Waals surface area contributed by atoms with Crippen LogP contribution in [0.4, 0.5) is 0 Å². The van der Waals surface area contributed by atoms with E-state index in [4.69, 9.17) is 10.5 Å². The number of piperidine rings is 1. The van der Waals surface area contributed by atoms with E-state index in [-0.39, 0.29) is 6.04 Å². The zero-order chi connectivity index (χ0) is 14.5. The van der Waals surface area contributed by atoms with Gasteiger partial charge in [0.05, 0.1) is 7.11 Å². The fraction of sp³-hybridized carbons (Fsp3) is 0.625. The Labute approximate surface area is 122 Å². The molecular formula is C16H27N3O. The smallest absolute Gasteiger partial charge is 0.123 e. The largest absolute Gasteiger partial charge is 0.496 e. The molecule has 4 nitrogen and oxygen atoms in total. The van der Waals surface area contributed by atoms with E-state index < -0.39 is 0 Å². The molecule has 0 radical (unpaired) electrons. The van der Waals surface area contributed by atoms with Crippen molar-refractivity contribution in [3.63, 3.8) is 0 Å². The average molecular weight is 277 g/mol. The van der Waals surface area contributed by atoms with Gasteiger partial charge in [-0.05, 0) is 39.5 Å². The Balaban J connectivity index is 1.98. The fourth-order valence-electron chi connectivity index (χ4n) is 3.03. The number of hydrogen-bond donors (Lipinski definition) is 1. The first kappa shape index (κ1) is 15.3. The lowest BCUT2D eigenvalue weighted by Gasteiger charge is -2.37. The molecule has 1 aliphatic rings. The Morgan fingerprint density at radius 2 is 2.20 bits per heavy atom. The highest BCUT2D eigenvalue weighted by molar-refractivity contribution is 5.35. The van der Waals surface area contributed by atoms with Crippen LogP contribution in [-0.4, -0.2) is 56.7 Å². The predicted molar refractivity (Wildman–Crippen MR) is 83.1 cm³/mol. The minimum Gasteiger partial charge on any atom is -0.496 e. The predicted octanol–water partition coefficient (Wildman–Crippen LogP) is 1.72. The Morgan fingerprint density at radius 1 is 1.45 bits per heavy atom. The number of likely N-dealkylation sites (tertiary alicyclic amines) is 1. The van der Waals surface area contributed by atoms with E-state index in [2.05, 4.69) is 30.0 Å². The first-order valence-corrected chi connectivity index (χ1v) is 7.39. The molecule has 0 aliphatic carbocycles. The first-order valence-electron chi connectivity index (χ1n) is 7.39. The molecular weight excluding hydrogens is 250 g/mol. The minimum atomic E-state index is -0.0108. The third-order valence-electron chi connectivity index (χ3n) is 4.25. The molecule has 20 heavy (non-hydrogen) atoms. The molecule has 112 valence electrons. The van der Waals surface area contributed by atoms with Crippen molar-refractivity contribution in [1.29, 1.82) is 0 Å². The van der Waals surface area contributed by atoms with Crippen LogP contribution < -0.4 is 10.5 Å². The number of benzene rings is 1. The van der Waals surface area contributed by atoms with Crippen molar-refractivity contribution in [2.24, 2.45) is 5.73 Å². The van der Waals surface area contributed by atoms with Crippen molar-refractivity contribution in [3.8, 4) is 5.75 Å². The molecule has 1 aromatic carbocycles. The lowest BCUT2D eigenvalue weighted by molar-refractivity contribution is 0.129. The summed E-state index contributed by atoms with van der Waals surface area (Å²) < 4.78 is 5.40. The van der Waals surface area contributed by atoms with Crippen molar-refractivity contribution >= 4 is 0 Å². The zero-order valence-electron chi connectivity index (χ0n) is 12.9. The second-order valence-corrected chi connectivity index (χ2v) is 5.85. The SMILES string of the molecule is COc1ccccc1C(N)CN(C)C1CCCN(C)C1. The molecule has 2 unspecified atom stereocenters. The molecule has 1 aromatic rings. The van der Waals surface area contributed by atoms with Crippen LogP contribution in [0.25, 0.3) is 0 Å². The summed E-state index contributed by atoms with van der Waals surface area (Å²) in [6, 6.07) is 8.63. The van der Waals surface area contributed by atoms with Crippen molar-refractivity contribution < 1.29 is 4.74 Å². The Hall–Kier alpha value is -1.10. The summed E-state index contributed by atoms with van der Waals surface area (Å²) in [5, 5.41) is 0. The second kappa shape index (κ2) is 7.07. The van der Waals surface area contributed by atoms with Gasteiger partial charge in [0.25, 0.3) is 0 Å². The van der Waals surface area contributed by atoms with Crippen LogP contribution in [0, 0.1) is 0 Å². The van der Waals surface area contributed by atoms with E-state index in [9.17, 15) is 0 Å². The number of methoxy groups -OCH3 is 1. The summed E-state index contributed by atoms with van der Waals surface area (Å²) >= 11 is 0. The fourth-order valence-corrected chi connectivity index (χ4v) is 3.03. The molecule has 1 saturated heterocycles. The summed E-state index contributed by atoms with van der Waals surface area (Å²) in [6.07, 6.45) is 2.54. The zero-order valence-corrected chi connectivity index (χ0v) is 12.9. The quantitative estimate of drug-likeness (QED) is 0.890. The van der Waals surface area contributed by atoms with Gasteiger partial charge in [0.2, 0.25) is 0 Å². The molecule has 2 N–H and O–H groups in total. The molecule has 0 aromatic heterocycles. The highest BCUT2D eigenvalue weighted by atomic mass is 16.5. The first-order chi connectivity index (χ1) is 9.61. The Kier molecular flexibility index (Phi) is 5.40. The van der Waals surface area contributed by atoms with Crippen LogP contribution >= 0.6 is 0 Å². The molecule has 0 amide bonds. The van der Waals surface area contributed by atoms with Gasteiger partial charge in [0.15, 0.2) is 0 Å². The maximum atomic E-state index is 6.38. The van der Waals surface area contributed by atoms with Crippen molar-refractivity contribution in [2.75, 3.05) is 40.8 Å². The number of para-hydroxylation sites is 1. The number of rotatable bonds is 5. The summed E-state index contributed by atoms with van der Waals surface area (Å²) in [6.45, 7) is 3.21. The Bertz CT molecular complexity index is 424. The van der Waals surface area contributed by atoms with Gasteiger partial charge in [-0.1, -0.05) is 18.2 Å². The van der Waals surface area contributed by atoms with Crippen LogP contribution in [0.1, 0.15) is 24.4 Å². The van der Waals surface area contributed by atoms with E-state index in [1.165, 1.54) is 19.4 Å². The number of nitrogens with zero attached hydrogens (tertiary/aromatic N) is 2. The van der Waals surface area contributed by atoms with Gasteiger partial charge in [-0.3, -0.25) is 0 Å². The summed E-state index contributed by atoms with van der Waals surface area (Å²) in [7, 11) is 6.07. The van der Waals surface area contributed by atoms with Gasteiger partial charge in [-0.2, -0.15) is 0 Å². The maximum Gasteiger partial charge on any atom is 0.123 e. The number of hydrogen-bond acceptors (Lipinski definition) is 4. The monoisotopic (exact) mass is 277 g/mol. The Morgan fingerprint density at radius 3 is 2.90 bits per heavy atom. The van der Waals surface area contributed by atoms with Crippen molar-refractivity contribution in [2.45, 2.75) is 24.9 Å². The highest BCUT2D eigenvalue weighted by Crippen LogP contribution is 2.24. The molecule has 0 spiro atoms. The van der Waals surface area contributed by atoms with Crippen LogP contribution in [-0.2, 0) is 0 Å².